The fraction of sp³-hybridized carbons (Fsp3) is 0.417. The van der Waals surface area contributed by atoms with E-state index >= 15 is 0 Å². The second-order valence-corrected chi connectivity index (χ2v) is 3.68. The Morgan fingerprint density at radius 3 is 2.80 bits per heavy atom. The van der Waals surface area contributed by atoms with Gasteiger partial charge in [0.05, 0.1) is 12.2 Å². The molecule has 0 unspecified atom stereocenters. The first-order valence-corrected chi connectivity index (χ1v) is 5.55. The highest BCUT2D eigenvalue weighted by molar-refractivity contribution is 6.17. The van der Waals surface area contributed by atoms with Crippen molar-refractivity contribution in [1.29, 1.82) is 0 Å². The number of halogens is 1. The fourth-order valence-corrected chi connectivity index (χ4v) is 1.51. The van der Waals surface area contributed by atoms with Crippen molar-refractivity contribution in [3.8, 4) is 0 Å². The molecular formula is C12H15ClO2. The zero-order valence-electron chi connectivity index (χ0n) is 9.05. The van der Waals surface area contributed by atoms with E-state index < -0.39 is 0 Å². The Kier molecular flexibility index (Phi) is 4.63. The number of aryl methyl sites for hydroxylation is 1. The summed E-state index contributed by atoms with van der Waals surface area (Å²) >= 11 is 5.76. The van der Waals surface area contributed by atoms with Crippen LogP contribution in [-0.4, -0.2) is 12.6 Å². The number of alkyl halides is 1. The SMILES string of the molecule is CCCOC(=O)c1ccc(C)c(CCl)c1. The Balaban J connectivity index is 2.81. The topological polar surface area (TPSA) is 26.3 Å². The van der Waals surface area contributed by atoms with E-state index in [1.54, 1.807) is 12.1 Å². The molecule has 0 bridgehead atoms. The summed E-state index contributed by atoms with van der Waals surface area (Å²) < 4.78 is 5.03. The van der Waals surface area contributed by atoms with Crippen LogP contribution in [0.15, 0.2) is 18.2 Å². The molecule has 0 saturated heterocycles. The number of ether oxygens (including phenoxy) is 1. The van der Waals surface area contributed by atoms with E-state index in [1.165, 1.54) is 0 Å². The molecule has 2 nitrogen and oxygen atoms in total. The minimum absolute atomic E-state index is 0.275. The second kappa shape index (κ2) is 5.76. The van der Waals surface area contributed by atoms with Crippen molar-refractivity contribution in [2.24, 2.45) is 0 Å². The van der Waals surface area contributed by atoms with Gasteiger partial charge in [-0.3, -0.25) is 0 Å². The van der Waals surface area contributed by atoms with Crippen molar-refractivity contribution in [2.75, 3.05) is 6.61 Å². The molecule has 0 saturated carbocycles. The number of hydrogen-bond acceptors (Lipinski definition) is 2. The van der Waals surface area contributed by atoms with Crippen LogP contribution in [0.4, 0.5) is 0 Å². The van der Waals surface area contributed by atoms with Crippen LogP contribution < -0.4 is 0 Å². The van der Waals surface area contributed by atoms with Crippen molar-refractivity contribution >= 4 is 17.6 Å². The molecular weight excluding hydrogens is 212 g/mol. The molecule has 0 aliphatic rings. The van der Waals surface area contributed by atoms with Gasteiger partial charge in [0.15, 0.2) is 0 Å². The second-order valence-electron chi connectivity index (χ2n) is 3.41. The average Bonchev–Trinajstić information content (AvgIpc) is 2.26. The molecule has 0 heterocycles. The number of hydrogen-bond donors (Lipinski definition) is 0. The molecule has 0 aliphatic heterocycles. The summed E-state index contributed by atoms with van der Waals surface area (Å²) in [5.41, 5.74) is 2.64. The van der Waals surface area contributed by atoms with Crippen molar-refractivity contribution < 1.29 is 9.53 Å². The molecule has 0 amide bonds. The Hall–Kier alpha value is -1.02. The summed E-state index contributed by atoms with van der Waals surface area (Å²) in [6.07, 6.45) is 0.833. The summed E-state index contributed by atoms with van der Waals surface area (Å²) in [5.74, 6) is 0.143. The molecule has 1 rings (SSSR count). The van der Waals surface area contributed by atoms with Gasteiger partial charge in [-0.05, 0) is 36.6 Å². The van der Waals surface area contributed by atoms with Gasteiger partial charge in [0.1, 0.15) is 0 Å². The van der Waals surface area contributed by atoms with Crippen molar-refractivity contribution in [3.63, 3.8) is 0 Å². The predicted molar refractivity (Wildman–Crippen MR) is 61.3 cm³/mol. The summed E-state index contributed by atoms with van der Waals surface area (Å²) in [6, 6.07) is 5.45. The quantitative estimate of drug-likeness (QED) is 0.582. The number of rotatable bonds is 4. The summed E-state index contributed by atoms with van der Waals surface area (Å²) in [7, 11) is 0. The number of esters is 1. The number of carbonyl (C=O) groups is 1. The van der Waals surface area contributed by atoms with Crippen LogP contribution in [0.1, 0.15) is 34.8 Å². The first-order valence-electron chi connectivity index (χ1n) is 5.01. The van der Waals surface area contributed by atoms with Crippen LogP contribution >= 0.6 is 11.6 Å². The van der Waals surface area contributed by atoms with E-state index in [9.17, 15) is 4.79 Å². The Bertz CT molecular complexity index is 347. The molecule has 1 aromatic rings. The predicted octanol–water partition coefficient (Wildman–Crippen LogP) is 3.30. The zero-order valence-corrected chi connectivity index (χ0v) is 9.80. The average molecular weight is 227 g/mol. The maximum atomic E-state index is 11.5. The summed E-state index contributed by atoms with van der Waals surface area (Å²) in [4.78, 5) is 11.5. The lowest BCUT2D eigenvalue weighted by molar-refractivity contribution is 0.0505. The van der Waals surface area contributed by atoms with E-state index in [0.29, 0.717) is 18.1 Å². The van der Waals surface area contributed by atoms with Crippen LogP contribution in [0.2, 0.25) is 0 Å². The molecule has 0 aliphatic carbocycles. The molecule has 3 heteroatoms. The van der Waals surface area contributed by atoms with Crippen LogP contribution in [-0.2, 0) is 10.6 Å². The molecule has 0 N–H and O–H groups in total. The lowest BCUT2D eigenvalue weighted by Crippen LogP contribution is -2.06. The maximum absolute atomic E-state index is 11.5. The normalized spacial score (nSPS) is 10.1. The maximum Gasteiger partial charge on any atom is 0.338 e. The lowest BCUT2D eigenvalue weighted by Gasteiger charge is -2.06. The molecule has 1 aromatic carbocycles. The third-order valence-corrected chi connectivity index (χ3v) is 2.45. The van der Waals surface area contributed by atoms with Gasteiger partial charge in [-0.2, -0.15) is 0 Å². The minimum Gasteiger partial charge on any atom is -0.462 e. The highest BCUT2D eigenvalue weighted by atomic mass is 35.5. The third kappa shape index (κ3) is 3.24. The smallest absolute Gasteiger partial charge is 0.338 e. The van der Waals surface area contributed by atoms with Gasteiger partial charge in [-0.25, -0.2) is 4.79 Å². The van der Waals surface area contributed by atoms with Crippen LogP contribution in [0, 0.1) is 6.92 Å². The molecule has 0 radical (unpaired) electrons. The van der Waals surface area contributed by atoms with Gasteiger partial charge in [-0.15, -0.1) is 11.6 Å². The molecule has 0 atom stereocenters. The molecule has 0 fully saturated rings. The molecule has 0 aromatic heterocycles. The lowest BCUT2D eigenvalue weighted by atomic mass is 10.1. The van der Waals surface area contributed by atoms with E-state index in [2.05, 4.69) is 0 Å². The minimum atomic E-state index is -0.275. The van der Waals surface area contributed by atoms with Gasteiger partial charge < -0.3 is 4.74 Å². The van der Waals surface area contributed by atoms with Crippen LogP contribution in [0.5, 0.6) is 0 Å². The Morgan fingerprint density at radius 1 is 1.47 bits per heavy atom. The standard InChI is InChI=1S/C12H15ClO2/c1-3-6-15-12(14)10-5-4-9(2)11(7-10)8-13/h4-5,7H,3,6,8H2,1-2H3. The van der Waals surface area contributed by atoms with E-state index in [-0.39, 0.29) is 5.97 Å². The number of benzene rings is 1. The molecule has 15 heavy (non-hydrogen) atoms. The third-order valence-electron chi connectivity index (χ3n) is 2.17. The first-order chi connectivity index (χ1) is 7.19. The fourth-order valence-electron chi connectivity index (χ4n) is 1.22. The molecule has 0 spiro atoms. The number of carbonyl (C=O) groups excluding carboxylic acids is 1. The van der Waals surface area contributed by atoms with Gasteiger partial charge in [0.25, 0.3) is 0 Å². The Morgan fingerprint density at radius 2 is 2.20 bits per heavy atom. The van der Waals surface area contributed by atoms with Crippen molar-refractivity contribution in [2.45, 2.75) is 26.1 Å². The zero-order chi connectivity index (χ0) is 11.3. The summed E-state index contributed by atoms with van der Waals surface area (Å²) in [5, 5.41) is 0. The van der Waals surface area contributed by atoms with Crippen molar-refractivity contribution in [1.82, 2.24) is 0 Å². The Labute approximate surface area is 95.2 Å². The van der Waals surface area contributed by atoms with Gasteiger partial charge in [-0.1, -0.05) is 13.0 Å². The molecule has 82 valence electrons. The first kappa shape index (κ1) is 12.1. The highest BCUT2D eigenvalue weighted by Gasteiger charge is 2.08. The van der Waals surface area contributed by atoms with E-state index in [1.807, 2.05) is 19.9 Å². The van der Waals surface area contributed by atoms with E-state index in [4.69, 9.17) is 16.3 Å². The van der Waals surface area contributed by atoms with Crippen LogP contribution in [0.3, 0.4) is 0 Å². The summed E-state index contributed by atoms with van der Waals surface area (Å²) in [6.45, 7) is 4.40. The monoisotopic (exact) mass is 226 g/mol. The van der Waals surface area contributed by atoms with E-state index in [0.717, 1.165) is 17.5 Å². The van der Waals surface area contributed by atoms with Gasteiger partial charge in [0, 0.05) is 5.88 Å². The van der Waals surface area contributed by atoms with Gasteiger partial charge >= 0.3 is 5.97 Å². The van der Waals surface area contributed by atoms with Crippen LogP contribution in [0.25, 0.3) is 0 Å². The van der Waals surface area contributed by atoms with Crippen molar-refractivity contribution in [3.05, 3.63) is 34.9 Å². The largest absolute Gasteiger partial charge is 0.462 e. The van der Waals surface area contributed by atoms with Gasteiger partial charge in [0.2, 0.25) is 0 Å². The highest BCUT2D eigenvalue weighted by Crippen LogP contribution is 2.14.